The SMILES string of the molecule is O=C1CCC2(CN(C(=O)N3CC4(C3)CN(S(=O)(=O)c3cccc(OC(F)(F)F)c3)C4)C2)N1. The van der Waals surface area contributed by atoms with Crippen molar-refractivity contribution in [2.75, 3.05) is 39.3 Å². The predicted molar refractivity (Wildman–Crippen MR) is 103 cm³/mol. The van der Waals surface area contributed by atoms with E-state index in [0.717, 1.165) is 18.6 Å². The lowest BCUT2D eigenvalue weighted by Gasteiger charge is -2.61. The summed E-state index contributed by atoms with van der Waals surface area (Å²) < 4.78 is 67.8. The van der Waals surface area contributed by atoms with Crippen molar-refractivity contribution >= 4 is 22.0 Å². The third kappa shape index (κ3) is 3.56. The van der Waals surface area contributed by atoms with Crippen LogP contribution in [0, 0.1) is 5.41 Å². The number of urea groups is 1. The fraction of sp³-hybridized carbons (Fsp3) is 0.579. The number of hydrogen-bond donors (Lipinski definition) is 1. The fourth-order valence-corrected chi connectivity index (χ4v) is 6.68. The Balaban J connectivity index is 1.15. The number of amides is 3. The number of hydrogen-bond acceptors (Lipinski definition) is 5. The highest BCUT2D eigenvalue weighted by Crippen LogP contribution is 2.43. The Morgan fingerprint density at radius 1 is 1.06 bits per heavy atom. The van der Waals surface area contributed by atoms with Crippen molar-refractivity contribution in [3.05, 3.63) is 24.3 Å². The minimum atomic E-state index is -4.91. The molecule has 0 unspecified atom stereocenters. The molecule has 0 atom stereocenters. The summed E-state index contributed by atoms with van der Waals surface area (Å²) in [6.45, 7) is 2.21. The van der Waals surface area contributed by atoms with E-state index in [1.807, 2.05) is 0 Å². The molecule has 0 aromatic heterocycles. The number of alkyl halides is 3. The summed E-state index contributed by atoms with van der Waals surface area (Å²) in [5.41, 5.74) is -0.617. The highest BCUT2D eigenvalue weighted by atomic mass is 32.2. The largest absolute Gasteiger partial charge is 0.573 e. The molecule has 13 heteroatoms. The van der Waals surface area contributed by atoms with Crippen LogP contribution in [0.25, 0.3) is 0 Å². The van der Waals surface area contributed by atoms with Gasteiger partial charge in [-0.15, -0.1) is 13.2 Å². The molecule has 0 radical (unpaired) electrons. The molecule has 2 spiro atoms. The first-order valence-electron chi connectivity index (χ1n) is 10.1. The predicted octanol–water partition coefficient (Wildman–Crippen LogP) is 0.976. The minimum absolute atomic E-state index is 0.00581. The van der Waals surface area contributed by atoms with Crippen LogP contribution in [0.5, 0.6) is 5.75 Å². The van der Waals surface area contributed by atoms with Crippen molar-refractivity contribution in [2.45, 2.75) is 29.6 Å². The van der Waals surface area contributed by atoms with Gasteiger partial charge in [-0.25, -0.2) is 13.2 Å². The van der Waals surface area contributed by atoms with Crippen LogP contribution >= 0.6 is 0 Å². The number of nitrogens with one attached hydrogen (secondary N) is 1. The number of benzene rings is 1. The van der Waals surface area contributed by atoms with E-state index in [2.05, 4.69) is 10.1 Å². The highest BCUT2D eigenvalue weighted by molar-refractivity contribution is 7.89. The first-order chi connectivity index (χ1) is 14.9. The Hall–Kier alpha value is -2.54. The number of carbonyl (C=O) groups excluding carboxylic acids is 2. The molecule has 32 heavy (non-hydrogen) atoms. The van der Waals surface area contributed by atoms with Crippen molar-refractivity contribution in [1.82, 2.24) is 19.4 Å². The molecule has 0 bridgehead atoms. The fourth-order valence-electron chi connectivity index (χ4n) is 4.98. The second-order valence-corrected chi connectivity index (χ2v) is 11.1. The van der Waals surface area contributed by atoms with Gasteiger partial charge in [-0.3, -0.25) is 4.79 Å². The lowest BCUT2D eigenvalue weighted by Crippen LogP contribution is -2.77. The maximum absolute atomic E-state index is 12.8. The van der Waals surface area contributed by atoms with Crippen molar-refractivity contribution in [2.24, 2.45) is 5.41 Å². The Labute approximate surface area is 182 Å². The van der Waals surface area contributed by atoms with Crippen molar-refractivity contribution < 1.29 is 35.9 Å². The second-order valence-electron chi connectivity index (χ2n) is 9.12. The molecule has 9 nitrogen and oxygen atoms in total. The summed E-state index contributed by atoms with van der Waals surface area (Å²) in [5, 5.41) is 2.92. The molecule has 174 valence electrons. The molecule has 4 heterocycles. The van der Waals surface area contributed by atoms with E-state index in [0.29, 0.717) is 32.6 Å². The Kier molecular flexibility index (Phi) is 4.48. The molecule has 1 aromatic carbocycles. The maximum Gasteiger partial charge on any atom is 0.573 e. The number of rotatable bonds is 3. The summed E-state index contributed by atoms with van der Waals surface area (Å²) in [4.78, 5) is 27.1. The second kappa shape index (κ2) is 6.73. The Morgan fingerprint density at radius 2 is 1.72 bits per heavy atom. The van der Waals surface area contributed by atoms with Gasteiger partial charge < -0.3 is 19.9 Å². The van der Waals surface area contributed by atoms with E-state index in [1.54, 1.807) is 9.80 Å². The highest BCUT2D eigenvalue weighted by Gasteiger charge is 2.58. The monoisotopic (exact) mass is 474 g/mol. The number of halogens is 3. The first kappa shape index (κ1) is 21.3. The quantitative estimate of drug-likeness (QED) is 0.704. The van der Waals surface area contributed by atoms with Crippen LogP contribution in [0.1, 0.15) is 12.8 Å². The van der Waals surface area contributed by atoms with Crippen LogP contribution in [0.2, 0.25) is 0 Å². The van der Waals surface area contributed by atoms with Crippen LogP contribution in [0.15, 0.2) is 29.2 Å². The summed E-state index contributed by atoms with van der Waals surface area (Å²) >= 11 is 0. The number of carbonyl (C=O) groups is 2. The van der Waals surface area contributed by atoms with Crippen LogP contribution in [0.3, 0.4) is 0 Å². The summed E-state index contributed by atoms with van der Waals surface area (Å²) in [6, 6.07) is 4.19. The maximum atomic E-state index is 12.8. The van der Waals surface area contributed by atoms with Gasteiger partial charge in [-0.05, 0) is 18.6 Å². The Morgan fingerprint density at radius 3 is 2.31 bits per heavy atom. The zero-order valence-corrected chi connectivity index (χ0v) is 17.7. The molecule has 5 rings (SSSR count). The zero-order valence-electron chi connectivity index (χ0n) is 16.9. The smallest absolute Gasteiger partial charge is 0.406 e. The lowest BCUT2D eigenvalue weighted by molar-refractivity contribution is -0.274. The normalized spacial score (nSPS) is 24.0. The van der Waals surface area contributed by atoms with E-state index >= 15 is 0 Å². The topological polar surface area (TPSA) is 99.3 Å². The van der Waals surface area contributed by atoms with Gasteiger partial charge in [-0.2, -0.15) is 4.31 Å². The molecule has 4 aliphatic heterocycles. The number of sulfonamides is 1. The molecule has 4 saturated heterocycles. The van der Waals surface area contributed by atoms with Gasteiger partial charge in [0.05, 0.1) is 10.4 Å². The summed E-state index contributed by atoms with van der Waals surface area (Å²) in [6.07, 6.45) is -3.71. The van der Waals surface area contributed by atoms with Crippen molar-refractivity contribution in [3.63, 3.8) is 0 Å². The van der Waals surface area contributed by atoms with Gasteiger partial charge in [0.2, 0.25) is 15.9 Å². The average molecular weight is 474 g/mol. The van der Waals surface area contributed by atoms with E-state index in [9.17, 15) is 31.2 Å². The van der Waals surface area contributed by atoms with E-state index < -0.39 is 22.1 Å². The van der Waals surface area contributed by atoms with Crippen LogP contribution in [0.4, 0.5) is 18.0 Å². The third-order valence-corrected chi connectivity index (χ3v) is 8.30. The summed E-state index contributed by atoms with van der Waals surface area (Å²) in [7, 11) is -3.96. The summed E-state index contributed by atoms with van der Waals surface area (Å²) in [5.74, 6) is -0.591. The lowest BCUT2D eigenvalue weighted by atomic mass is 9.74. The first-order valence-corrected chi connectivity index (χ1v) is 11.5. The standard InChI is InChI=1S/C19H21F3N4O5S/c20-19(21,22)31-13-2-1-3-14(6-13)32(29,30)26-9-17(10-26)7-24(8-17)16(28)25-11-18(12-25)5-4-15(27)23-18/h1-3,6H,4-5,7-12H2,(H,23,27). The van der Waals surface area contributed by atoms with Crippen molar-refractivity contribution in [3.8, 4) is 5.75 Å². The van der Waals surface area contributed by atoms with Crippen molar-refractivity contribution in [1.29, 1.82) is 0 Å². The van der Waals surface area contributed by atoms with Gasteiger partial charge in [0, 0.05) is 57.2 Å². The van der Waals surface area contributed by atoms with Crippen LogP contribution in [-0.4, -0.2) is 85.6 Å². The average Bonchev–Trinajstić information content (AvgIpc) is 2.98. The number of nitrogens with zero attached hydrogens (tertiary/aromatic N) is 3. The third-order valence-electron chi connectivity index (χ3n) is 6.52. The molecule has 1 aromatic rings. The van der Waals surface area contributed by atoms with Crippen LogP contribution in [-0.2, 0) is 14.8 Å². The van der Waals surface area contributed by atoms with Gasteiger partial charge >= 0.3 is 12.4 Å². The number of ether oxygens (including phenoxy) is 1. The van der Waals surface area contributed by atoms with E-state index in [1.165, 1.54) is 16.4 Å². The van der Waals surface area contributed by atoms with Gasteiger partial charge in [0.25, 0.3) is 0 Å². The molecule has 1 N–H and O–H groups in total. The minimum Gasteiger partial charge on any atom is -0.406 e. The molecular formula is C19H21F3N4O5S. The number of likely N-dealkylation sites (tertiary alicyclic amines) is 2. The molecule has 4 fully saturated rings. The van der Waals surface area contributed by atoms with Gasteiger partial charge in [-0.1, -0.05) is 6.07 Å². The molecule has 4 aliphatic rings. The van der Waals surface area contributed by atoms with Gasteiger partial charge in [0.15, 0.2) is 0 Å². The molecule has 0 saturated carbocycles. The van der Waals surface area contributed by atoms with E-state index in [-0.39, 0.29) is 40.9 Å². The molecular weight excluding hydrogens is 453 g/mol. The van der Waals surface area contributed by atoms with Crippen LogP contribution < -0.4 is 10.1 Å². The molecule has 3 amide bonds. The van der Waals surface area contributed by atoms with Gasteiger partial charge in [0.1, 0.15) is 5.75 Å². The van der Waals surface area contributed by atoms with E-state index in [4.69, 9.17) is 0 Å². The Bertz CT molecular complexity index is 1070. The molecule has 0 aliphatic carbocycles. The zero-order chi connectivity index (χ0) is 22.9.